The summed E-state index contributed by atoms with van der Waals surface area (Å²) in [6, 6.07) is 1.64. The summed E-state index contributed by atoms with van der Waals surface area (Å²) in [6.45, 7) is 3.69. The molecule has 0 aromatic heterocycles. The molecule has 0 amide bonds. The van der Waals surface area contributed by atoms with Crippen LogP contribution in [0.5, 0.6) is 5.75 Å². The number of aromatic hydroxyl groups is 1. The van der Waals surface area contributed by atoms with Gasteiger partial charge in [0.1, 0.15) is 19.2 Å². The van der Waals surface area contributed by atoms with Crippen LogP contribution in [0.3, 0.4) is 0 Å². The molecule has 0 unspecified atom stereocenters. The molecule has 74 valence electrons. The average Bonchev–Trinajstić information content (AvgIpc) is 2.19. The Balaban J connectivity index is 3.40. The van der Waals surface area contributed by atoms with E-state index < -0.39 is 5.97 Å². The van der Waals surface area contributed by atoms with E-state index in [1.54, 1.807) is 13.0 Å². The minimum absolute atomic E-state index is 0.0138. The predicted octanol–water partition coefficient (Wildman–Crippen LogP) is 0.0540. The van der Waals surface area contributed by atoms with E-state index in [0.29, 0.717) is 0 Å². The molecule has 0 heterocycles. The maximum Gasteiger partial charge on any atom is 0.341 e. The van der Waals surface area contributed by atoms with Gasteiger partial charge in [-0.05, 0) is 25.5 Å². The number of carbonyl (C=O) groups is 1. The molecule has 0 bridgehead atoms. The van der Waals surface area contributed by atoms with E-state index in [1.807, 2.05) is 14.8 Å². The van der Waals surface area contributed by atoms with Crippen molar-refractivity contribution in [1.82, 2.24) is 0 Å². The van der Waals surface area contributed by atoms with Crippen LogP contribution in [-0.4, -0.2) is 26.0 Å². The zero-order chi connectivity index (χ0) is 10.9. The normalized spacial score (nSPS) is 9.93. The molecular formula is C10H13BO3. The molecular weight excluding hydrogens is 179 g/mol. The minimum Gasteiger partial charge on any atom is -0.507 e. The van der Waals surface area contributed by atoms with Crippen LogP contribution in [0.15, 0.2) is 6.07 Å². The van der Waals surface area contributed by atoms with Crippen LogP contribution >= 0.6 is 0 Å². The summed E-state index contributed by atoms with van der Waals surface area (Å²) < 4.78 is 4.57. The number of methoxy groups -OCH3 is 1. The topological polar surface area (TPSA) is 46.5 Å². The lowest BCUT2D eigenvalue weighted by molar-refractivity contribution is 0.0597. The summed E-state index contributed by atoms with van der Waals surface area (Å²) in [6.07, 6.45) is 0. The summed E-state index contributed by atoms with van der Waals surface area (Å²) in [7, 11) is 3.19. The number of hydrogen-bond acceptors (Lipinski definition) is 3. The third-order valence-electron chi connectivity index (χ3n) is 2.53. The number of hydrogen-bond donors (Lipinski definition) is 1. The fourth-order valence-corrected chi connectivity index (χ4v) is 1.33. The monoisotopic (exact) mass is 192 g/mol. The molecule has 0 saturated carbocycles. The molecule has 0 radical (unpaired) electrons. The molecule has 1 N–H and O–H groups in total. The Morgan fingerprint density at radius 1 is 1.43 bits per heavy atom. The fourth-order valence-electron chi connectivity index (χ4n) is 1.33. The van der Waals surface area contributed by atoms with Crippen molar-refractivity contribution in [1.29, 1.82) is 0 Å². The van der Waals surface area contributed by atoms with Gasteiger partial charge < -0.3 is 9.84 Å². The highest BCUT2D eigenvalue weighted by Crippen LogP contribution is 2.23. The maximum absolute atomic E-state index is 11.3. The summed E-state index contributed by atoms with van der Waals surface area (Å²) >= 11 is 0. The molecule has 3 nitrogen and oxygen atoms in total. The highest BCUT2D eigenvalue weighted by Gasteiger charge is 2.15. The predicted molar refractivity (Wildman–Crippen MR) is 57.1 cm³/mol. The lowest BCUT2D eigenvalue weighted by atomic mass is 9.86. The van der Waals surface area contributed by atoms with Crippen molar-refractivity contribution in [3.8, 4) is 5.75 Å². The Labute approximate surface area is 84.1 Å². The van der Waals surface area contributed by atoms with Crippen LogP contribution in [0.4, 0.5) is 0 Å². The van der Waals surface area contributed by atoms with Crippen molar-refractivity contribution < 1.29 is 14.6 Å². The lowest BCUT2D eigenvalue weighted by Crippen LogP contribution is -2.14. The van der Waals surface area contributed by atoms with Crippen LogP contribution in [0.2, 0.25) is 0 Å². The van der Waals surface area contributed by atoms with E-state index in [9.17, 15) is 9.90 Å². The Morgan fingerprint density at radius 3 is 2.50 bits per heavy atom. The molecule has 0 spiro atoms. The van der Waals surface area contributed by atoms with E-state index >= 15 is 0 Å². The lowest BCUT2D eigenvalue weighted by Gasteiger charge is -2.11. The Bertz CT molecular complexity index is 385. The second-order valence-corrected chi connectivity index (χ2v) is 3.33. The van der Waals surface area contributed by atoms with Gasteiger partial charge in [-0.1, -0.05) is 11.0 Å². The van der Waals surface area contributed by atoms with Gasteiger partial charge in [0.25, 0.3) is 0 Å². The van der Waals surface area contributed by atoms with Crippen LogP contribution in [0.25, 0.3) is 0 Å². The molecule has 0 atom stereocenters. The number of esters is 1. The first-order chi connectivity index (χ1) is 6.49. The number of phenols is 1. The number of carbonyl (C=O) groups excluding carboxylic acids is 1. The summed E-state index contributed by atoms with van der Waals surface area (Å²) in [5.41, 5.74) is 2.93. The minimum atomic E-state index is -0.506. The number of phenolic OH excluding ortho intramolecular Hbond substituents is 1. The van der Waals surface area contributed by atoms with Gasteiger partial charge in [-0.3, -0.25) is 0 Å². The number of benzene rings is 1. The van der Waals surface area contributed by atoms with E-state index in [4.69, 9.17) is 0 Å². The third kappa shape index (κ3) is 1.60. The molecule has 1 rings (SSSR count). The Morgan fingerprint density at radius 2 is 2.00 bits per heavy atom. The molecule has 14 heavy (non-hydrogen) atoms. The molecule has 0 aliphatic heterocycles. The van der Waals surface area contributed by atoms with Crippen LogP contribution in [0.1, 0.15) is 21.5 Å². The van der Waals surface area contributed by atoms with Crippen LogP contribution in [-0.2, 0) is 4.74 Å². The first-order valence-corrected chi connectivity index (χ1v) is 4.37. The van der Waals surface area contributed by atoms with Crippen molar-refractivity contribution in [2.24, 2.45) is 0 Å². The molecule has 0 aliphatic rings. The Kier molecular flexibility index (Phi) is 2.84. The first-order valence-electron chi connectivity index (χ1n) is 4.37. The van der Waals surface area contributed by atoms with Crippen LogP contribution in [0, 0.1) is 13.8 Å². The first kappa shape index (κ1) is 10.6. The SMILES string of the molecule is Bc1cc(C(=O)OC)c(O)c(C)c1C. The van der Waals surface area contributed by atoms with Gasteiger partial charge >= 0.3 is 5.97 Å². The third-order valence-corrected chi connectivity index (χ3v) is 2.53. The standard InChI is InChI=1S/C10H13BO3/c1-5-6(2)9(12)7(4-8(5)11)10(13)14-3/h4,12H,11H2,1-3H3. The second-order valence-electron chi connectivity index (χ2n) is 3.33. The second kappa shape index (κ2) is 3.74. The zero-order valence-corrected chi connectivity index (χ0v) is 8.84. The summed E-state index contributed by atoms with van der Waals surface area (Å²) in [5, 5.41) is 9.70. The van der Waals surface area contributed by atoms with E-state index in [2.05, 4.69) is 4.74 Å². The van der Waals surface area contributed by atoms with Gasteiger partial charge in [-0.15, -0.1) is 0 Å². The van der Waals surface area contributed by atoms with E-state index in [0.717, 1.165) is 16.6 Å². The van der Waals surface area contributed by atoms with E-state index in [1.165, 1.54) is 7.11 Å². The van der Waals surface area contributed by atoms with Gasteiger partial charge in [0.15, 0.2) is 0 Å². The molecule has 4 heteroatoms. The largest absolute Gasteiger partial charge is 0.507 e. The highest BCUT2D eigenvalue weighted by molar-refractivity contribution is 6.34. The van der Waals surface area contributed by atoms with Gasteiger partial charge in [-0.2, -0.15) is 0 Å². The van der Waals surface area contributed by atoms with Gasteiger partial charge in [0.05, 0.1) is 7.11 Å². The average molecular weight is 192 g/mol. The fraction of sp³-hybridized carbons (Fsp3) is 0.300. The highest BCUT2D eigenvalue weighted by atomic mass is 16.5. The van der Waals surface area contributed by atoms with E-state index in [-0.39, 0.29) is 11.3 Å². The quantitative estimate of drug-likeness (QED) is 0.505. The molecule has 0 saturated heterocycles. The maximum atomic E-state index is 11.3. The van der Waals surface area contributed by atoms with Crippen molar-refractivity contribution >= 4 is 19.3 Å². The zero-order valence-electron chi connectivity index (χ0n) is 8.84. The van der Waals surface area contributed by atoms with Gasteiger partial charge in [0.2, 0.25) is 0 Å². The van der Waals surface area contributed by atoms with Crippen molar-refractivity contribution in [2.45, 2.75) is 13.8 Å². The smallest absolute Gasteiger partial charge is 0.341 e. The molecule has 1 aromatic carbocycles. The van der Waals surface area contributed by atoms with Crippen molar-refractivity contribution in [3.63, 3.8) is 0 Å². The van der Waals surface area contributed by atoms with Gasteiger partial charge in [0, 0.05) is 0 Å². The molecule has 1 aromatic rings. The van der Waals surface area contributed by atoms with Crippen LogP contribution < -0.4 is 5.46 Å². The number of ether oxygens (including phenoxy) is 1. The van der Waals surface area contributed by atoms with Crippen molar-refractivity contribution in [2.75, 3.05) is 7.11 Å². The van der Waals surface area contributed by atoms with Crippen molar-refractivity contribution in [3.05, 3.63) is 22.8 Å². The molecule has 0 fully saturated rings. The number of rotatable bonds is 1. The summed E-state index contributed by atoms with van der Waals surface area (Å²) in [5.74, 6) is -0.492. The molecule has 0 aliphatic carbocycles. The summed E-state index contributed by atoms with van der Waals surface area (Å²) in [4.78, 5) is 11.3. The Hall–Kier alpha value is -1.45. The van der Waals surface area contributed by atoms with Gasteiger partial charge in [-0.25, -0.2) is 4.79 Å².